The molecule has 51 heavy (non-hydrogen) atoms. The van der Waals surface area contributed by atoms with E-state index in [2.05, 4.69) is 81.6 Å². The van der Waals surface area contributed by atoms with Gasteiger partial charge in [0, 0.05) is 19.4 Å². The van der Waals surface area contributed by atoms with Gasteiger partial charge in [0.1, 0.15) is 6.10 Å². The topological polar surface area (TPSA) is 130 Å². The molecule has 4 aliphatic carbocycles. The summed E-state index contributed by atoms with van der Waals surface area (Å²) >= 11 is 0. The molecule has 3 N–H and O–H groups in total. The van der Waals surface area contributed by atoms with Crippen LogP contribution in [0, 0.1) is 46.3 Å². The van der Waals surface area contributed by atoms with E-state index >= 15 is 0 Å². The smallest absolute Gasteiger partial charge is 0.306 e. The molecular weight excluding hydrogens is 663 g/mol. The number of hydrogen-bond donors (Lipinski definition) is 3. The van der Waals surface area contributed by atoms with Crippen LogP contribution >= 0.6 is 0 Å². The van der Waals surface area contributed by atoms with E-state index in [1.165, 1.54) is 6.42 Å². The highest BCUT2D eigenvalue weighted by molar-refractivity contribution is 7.85. The van der Waals surface area contributed by atoms with Gasteiger partial charge in [-0.05, 0) is 136 Å². The lowest BCUT2D eigenvalue weighted by molar-refractivity contribution is -0.181. The van der Waals surface area contributed by atoms with E-state index in [-0.39, 0.29) is 47.4 Å². The van der Waals surface area contributed by atoms with Crippen LogP contribution in [0.2, 0.25) is 0 Å². The van der Waals surface area contributed by atoms with E-state index < -0.39 is 15.9 Å². The largest absolute Gasteiger partial charge is 0.462 e. The molecule has 4 rings (SSSR count). The lowest BCUT2D eigenvalue weighted by atomic mass is 9.43. The van der Waals surface area contributed by atoms with Crippen molar-refractivity contribution in [1.82, 2.24) is 5.32 Å². The molecule has 8 nitrogen and oxygen atoms in total. The number of allylic oxidation sites excluding steroid dienone is 8. The average molecular weight is 730 g/mol. The monoisotopic (exact) mass is 729 g/mol. The molecular formula is C42H67NO7S. The molecule has 288 valence electrons. The van der Waals surface area contributed by atoms with Gasteiger partial charge in [0.25, 0.3) is 10.1 Å². The molecule has 0 aromatic rings. The number of aliphatic hydroxyl groups excluding tert-OH is 1. The summed E-state index contributed by atoms with van der Waals surface area (Å²) in [5.41, 5.74) is -0.0261. The summed E-state index contributed by atoms with van der Waals surface area (Å²) in [5, 5.41) is 14.5. The molecule has 10 unspecified atom stereocenters. The number of nitrogens with one attached hydrogen (secondary N) is 1. The van der Waals surface area contributed by atoms with E-state index in [1.54, 1.807) is 0 Å². The van der Waals surface area contributed by atoms with Gasteiger partial charge in [0.15, 0.2) is 0 Å². The van der Waals surface area contributed by atoms with Gasteiger partial charge < -0.3 is 15.2 Å². The van der Waals surface area contributed by atoms with Crippen LogP contribution in [-0.2, 0) is 24.4 Å². The lowest BCUT2D eigenvalue weighted by Gasteiger charge is -2.62. The fourth-order valence-electron chi connectivity index (χ4n) is 10.8. The Morgan fingerprint density at radius 3 is 2.22 bits per heavy atom. The van der Waals surface area contributed by atoms with Crippen molar-refractivity contribution in [2.75, 3.05) is 12.3 Å². The summed E-state index contributed by atoms with van der Waals surface area (Å²) in [4.78, 5) is 25.2. The summed E-state index contributed by atoms with van der Waals surface area (Å²) in [6.07, 6.45) is 31.1. The molecule has 4 aliphatic rings. The van der Waals surface area contributed by atoms with Gasteiger partial charge in [-0.25, -0.2) is 0 Å². The van der Waals surface area contributed by atoms with Crippen molar-refractivity contribution in [1.29, 1.82) is 0 Å². The Morgan fingerprint density at radius 2 is 1.55 bits per heavy atom. The highest BCUT2D eigenvalue weighted by Crippen LogP contribution is 2.68. The molecule has 0 aliphatic heterocycles. The van der Waals surface area contributed by atoms with E-state index in [0.29, 0.717) is 55.3 Å². The molecule has 0 bridgehead atoms. The molecule has 9 heteroatoms. The first kappa shape index (κ1) is 41.5. The van der Waals surface area contributed by atoms with E-state index in [1.807, 2.05) is 0 Å². The van der Waals surface area contributed by atoms with Crippen LogP contribution < -0.4 is 5.32 Å². The molecule has 0 radical (unpaired) electrons. The summed E-state index contributed by atoms with van der Waals surface area (Å²) in [7, 11) is -4.10. The number of fused-ring (bicyclic) bond motifs is 5. The molecule has 4 fully saturated rings. The van der Waals surface area contributed by atoms with Crippen molar-refractivity contribution >= 4 is 22.0 Å². The van der Waals surface area contributed by atoms with Crippen LogP contribution in [0.3, 0.4) is 0 Å². The van der Waals surface area contributed by atoms with Crippen molar-refractivity contribution in [2.45, 2.75) is 143 Å². The first-order valence-electron chi connectivity index (χ1n) is 20.0. The zero-order chi connectivity index (χ0) is 37.1. The van der Waals surface area contributed by atoms with Gasteiger partial charge in [-0.3, -0.25) is 14.1 Å². The van der Waals surface area contributed by atoms with Crippen molar-refractivity contribution in [3.63, 3.8) is 0 Å². The maximum atomic E-state index is 12.8. The maximum absolute atomic E-state index is 12.8. The van der Waals surface area contributed by atoms with Crippen LogP contribution in [0.1, 0.15) is 130 Å². The van der Waals surface area contributed by atoms with Crippen molar-refractivity contribution < 1.29 is 32.4 Å². The second-order valence-corrected chi connectivity index (χ2v) is 18.1. The maximum Gasteiger partial charge on any atom is 0.306 e. The highest BCUT2D eigenvalue weighted by Gasteiger charge is 2.63. The Kier molecular flexibility index (Phi) is 15.6. The number of esters is 1. The number of carbonyl (C=O) groups excluding carboxylic acids is 2. The number of carbonyl (C=O) groups is 2. The van der Waals surface area contributed by atoms with Crippen molar-refractivity contribution in [2.24, 2.45) is 46.3 Å². The second-order valence-electron chi connectivity index (χ2n) is 16.5. The zero-order valence-corrected chi connectivity index (χ0v) is 32.6. The predicted octanol–water partition coefficient (Wildman–Crippen LogP) is 8.53. The van der Waals surface area contributed by atoms with Crippen molar-refractivity contribution in [3.05, 3.63) is 48.6 Å². The summed E-state index contributed by atoms with van der Waals surface area (Å²) < 4.78 is 36.9. The molecule has 1 amide bonds. The minimum Gasteiger partial charge on any atom is -0.462 e. The summed E-state index contributed by atoms with van der Waals surface area (Å²) in [6, 6.07) is 0. The average Bonchev–Trinajstić information content (AvgIpc) is 3.44. The molecule has 10 atom stereocenters. The predicted molar refractivity (Wildman–Crippen MR) is 204 cm³/mol. The van der Waals surface area contributed by atoms with Crippen LogP contribution in [0.15, 0.2) is 48.6 Å². The number of ether oxygens (including phenoxy) is 1. The SMILES string of the molecule is CC/C=C\C/C=C\C/C=C\C/C=C\CCC(=O)OC1CCC2(C)C(CCC3C2CC(O)C2(C)C(C(C)CCC(=O)NCCS(=O)(=O)O)CCC32)C1. The van der Waals surface area contributed by atoms with Crippen molar-refractivity contribution in [3.8, 4) is 0 Å². The Labute approximate surface area is 308 Å². The number of hydrogen-bond acceptors (Lipinski definition) is 6. The van der Waals surface area contributed by atoms with Gasteiger partial charge in [0.05, 0.1) is 11.9 Å². The van der Waals surface area contributed by atoms with Gasteiger partial charge in [-0.15, -0.1) is 0 Å². The molecule has 0 aromatic heterocycles. The molecule has 0 saturated heterocycles. The standard InChI is InChI=1S/C42H67NO7S/c1-5-6-7-8-9-10-11-12-13-14-15-16-17-18-40(46)50-33-25-26-41(3)32(29-33)20-21-34-36-23-22-35(42(36,4)38(44)30-37(34)41)31(2)19-24-39(45)43-27-28-51(47,48)49/h6-7,9-10,12-13,15-16,31-38,44H,5,8,11,14,17-30H2,1-4H3,(H,43,45)(H,47,48,49)/b7-6-,10-9-,13-12-,16-15-. The normalized spacial score (nSPS) is 34.5. The fourth-order valence-corrected chi connectivity index (χ4v) is 11.1. The highest BCUT2D eigenvalue weighted by atomic mass is 32.2. The number of aliphatic hydroxyl groups is 1. The van der Waals surface area contributed by atoms with Gasteiger partial charge in [0.2, 0.25) is 5.91 Å². The van der Waals surface area contributed by atoms with E-state index in [4.69, 9.17) is 9.29 Å². The first-order valence-corrected chi connectivity index (χ1v) is 21.6. The summed E-state index contributed by atoms with van der Waals surface area (Å²) in [5.74, 6) is 1.86. The number of amides is 1. The van der Waals surface area contributed by atoms with E-state index in [9.17, 15) is 23.1 Å². The lowest BCUT2D eigenvalue weighted by Crippen LogP contribution is -2.59. The van der Waals surface area contributed by atoms with Gasteiger partial charge in [-0.1, -0.05) is 76.3 Å². The van der Waals surface area contributed by atoms with Crippen LogP contribution in [0.25, 0.3) is 0 Å². The third-order valence-corrected chi connectivity index (χ3v) is 14.2. The molecule has 4 saturated carbocycles. The quantitative estimate of drug-likeness (QED) is 0.0733. The molecule has 0 spiro atoms. The van der Waals surface area contributed by atoms with Crippen LogP contribution in [0.5, 0.6) is 0 Å². The van der Waals surface area contributed by atoms with Gasteiger partial charge in [-0.2, -0.15) is 8.42 Å². The Morgan fingerprint density at radius 1 is 0.882 bits per heavy atom. The fraction of sp³-hybridized carbons (Fsp3) is 0.762. The van der Waals surface area contributed by atoms with E-state index in [0.717, 1.165) is 70.6 Å². The van der Waals surface area contributed by atoms with Crippen LogP contribution in [-0.4, -0.2) is 54.5 Å². The Balaban J connectivity index is 1.21. The first-order chi connectivity index (χ1) is 24.3. The minimum atomic E-state index is -4.10. The zero-order valence-electron chi connectivity index (χ0n) is 31.8. The molecule has 0 aromatic carbocycles. The number of rotatable bonds is 18. The minimum absolute atomic E-state index is 0.00899. The third kappa shape index (κ3) is 11.1. The van der Waals surface area contributed by atoms with Gasteiger partial charge >= 0.3 is 5.97 Å². The second kappa shape index (κ2) is 19.2. The Hall–Kier alpha value is -2.23. The molecule has 0 heterocycles. The third-order valence-electron chi connectivity index (χ3n) is 13.5. The summed E-state index contributed by atoms with van der Waals surface area (Å²) in [6.45, 7) is 9.02. The Bertz CT molecular complexity index is 1370. The van der Waals surface area contributed by atoms with Crippen LogP contribution in [0.4, 0.5) is 0 Å².